The summed E-state index contributed by atoms with van der Waals surface area (Å²) in [5.74, 6) is 4.02. The highest BCUT2D eigenvalue weighted by molar-refractivity contribution is 7.12. The van der Waals surface area contributed by atoms with Crippen LogP contribution in [0.15, 0.2) is 36.5 Å². The third kappa shape index (κ3) is 9.03. The van der Waals surface area contributed by atoms with Crippen LogP contribution in [0.3, 0.4) is 0 Å². The van der Waals surface area contributed by atoms with Crippen LogP contribution in [-0.4, -0.2) is 28.4 Å². The number of nitrogens with zero attached hydrogens (tertiary/aromatic N) is 1. The predicted octanol–water partition coefficient (Wildman–Crippen LogP) is 4.35. The number of carbonyl (C=O) groups is 2. The van der Waals surface area contributed by atoms with E-state index in [1.165, 1.54) is 11.3 Å². The molecule has 1 atom stereocenters. The van der Waals surface area contributed by atoms with Gasteiger partial charge >= 0.3 is 5.97 Å². The van der Waals surface area contributed by atoms with E-state index >= 15 is 0 Å². The molecule has 29 heavy (non-hydrogen) atoms. The number of ketones is 1. The fraction of sp³-hybridized carbons (Fsp3) is 0.435. The SMILES string of the molecule is CC(C)Cc1ncc(C#CC(=O)[C@@H](CCCOCc2ccccc2)CC(=O)O)s1. The second kappa shape index (κ2) is 12.2. The number of carboxylic acid groups (broad SMARTS) is 1. The quantitative estimate of drug-likeness (QED) is 0.438. The van der Waals surface area contributed by atoms with Crippen LogP contribution in [0.1, 0.15) is 48.6 Å². The molecule has 2 aromatic rings. The molecule has 154 valence electrons. The van der Waals surface area contributed by atoms with Crippen molar-refractivity contribution in [3.63, 3.8) is 0 Å². The van der Waals surface area contributed by atoms with E-state index < -0.39 is 11.9 Å². The Bertz CT molecular complexity index is 849. The maximum absolute atomic E-state index is 12.4. The monoisotopic (exact) mass is 413 g/mol. The lowest BCUT2D eigenvalue weighted by Crippen LogP contribution is -2.17. The van der Waals surface area contributed by atoms with Gasteiger partial charge in [0.05, 0.1) is 29.1 Å². The number of aromatic nitrogens is 1. The van der Waals surface area contributed by atoms with Crippen LogP contribution in [0, 0.1) is 23.7 Å². The Hall–Kier alpha value is -2.49. The summed E-state index contributed by atoms with van der Waals surface area (Å²) in [6, 6.07) is 9.82. The minimum Gasteiger partial charge on any atom is -0.481 e. The van der Waals surface area contributed by atoms with Gasteiger partial charge in [0.1, 0.15) is 0 Å². The Kier molecular flexibility index (Phi) is 9.55. The number of aliphatic carboxylic acids is 1. The average molecular weight is 414 g/mol. The molecule has 0 saturated carbocycles. The van der Waals surface area contributed by atoms with Crippen LogP contribution in [-0.2, 0) is 27.4 Å². The summed E-state index contributed by atoms with van der Waals surface area (Å²) in [6.45, 7) is 5.22. The van der Waals surface area contributed by atoms with E-state index in [0.29, 0.717) is 32.0 Å². The third-order valence-corrected chi connectivity index (χ3v) is 5.13. The Balaban J connectivity index is 1.84. The summed E-state index contributed by atoms with van der Waals surface area (Å²) in [5, 5.41) is 10.1. The van der Waals surface area contributed by atoms with Crippen LogP contribution < -0.4 is 0 Å². The van der Waals surface area contributed by atoms with Crippen LogP contribution >= 0.6 is 11.3 Å². The van der Waals surface area contributed by atoms with E-state index in [1.807, 2.05) is 30.3 Å². The Morgan fingerprint density at radius 1 is 1.24 bits per heavy atom. The number of hydrogen-bond donors (Lipinski definition) is 1. The van der Waals surface area contributed by atoms with Crippen molar-refractivity contribution >= 4 is 23.1 Å². The summed E-state index contributed by atoms with van der Waals surface area (Å²) >= 11 is 1.48. The number of thiazole rings is 1. The molecule has 1 aromatic heterocycles. The lowest BCUT2D eigenvalue weighted by Gasteiger charge is -2.10. The minimum atomic E-state index is -0.993. The predicted molar refractivity (Wildman–Crippen MR) is 114 cm³/mol. The Morgan fingerprint density at radius 2 is 2.00 bits per heavy atom. The highest BCUT2D eigenvalue weighted by Gasteiger charge is 2.20. The van der Waals surface area contributed by atoms with E-state index in [2.05, 4.69) is 30.7 Å². The molecule has 0 aliphatic rings. The van der Waals surface area contributed by atoms with Crippen molar-refractivity contribution in [1.29, 1.82) is 0 Å². The molecule has 0 unspecified atom stereocenters. The molecule has 0 fully saturated rings. The molecule has 0 aliphatic heterocycles. The first-order chi connectivity index (χ1) is 13.9. The molecule has 0 saturated heterocycles. The van der Waals surface area contributed by atoms with E-state index in [4.69, 9.17) is 9.84 Å². The summed E-state index contributed by atoms with van der Waals surface area (Å²) in [6.07, 6.45) is 3.39. The first-order valence-corrected chi connectivity index (χ1v) is 10.6. The fourth-order valence-electron chi connectivity index (χ4n) is 2.77. The average Bonchev–Trinajstić information content (AvgIpc) is 3.12. The summed E-state index contributed by atoms with van der Waals surface area (Å²) in [4.78, 5) is 28.6. The zero-order valence-corrected chi connectivity index (χ0v) is 17.7. The number of rotatable bonds is 11. The molecule has 0 radical (unpaired) electrons. The van der Waals surface area contributed by atoms with Gasteiger partial charge in [-0.2, -0.15) is 0 Å². The zero-order chi connectivity index (χ0) is 21.1. The van der Waals surface area contributed by atoms with Gasteiger partial charge in [-0.1, -0.05) is 44.2 Å². The summed E-state index contributed by atoms with van der Waals surface area (Å²) < 4.78 is 5.62. The van der Waals surface area contributed by atoms with Crippen LogP contribution in [0.4, 0.5) is 0 Å². The standard InChI is InChI=1S/C23H27NO4S/c1-17(2)13-22-24-15-20(29-22)10-11-21(25)19(14-23(26)27)9-6-12-28-16-18-7-4-3-5-8-18/h3-5,7-8,15,17,19H,6,9,12-14,16H2,1-2H3,(H,26,27)/t19-/m0/s1. The molecule has 0 amide bonds. The number of ether oxygens (including phenoxy) is 1. The molecular formula is C23H27NO4S. The van der Waals surface area contributed by atoms with Crippen LogP contribution in [0.5, 0.6) is 0 Å². The number of carbonyl (C=O) groups excluding carboxylic acids is 1. The first kappa shape index (κ1) is 22.8. The second-order valence-electron chi connectivity index (χ2n) is 7.31. The Labute approximate surface area is 176 Å². The highest BCUT2D eigenvalue weighted by atomic mass is 32.1. The first-order valence-electron chi connectivity index (χ1n) is 9.78. The van der Waals surface area contributed by atoms with E-state index in [-0.39, 0.29) is 12.2 Å². The van der Waals surface area contributed by atoms with Crippen molar-refractivity contribution in [1.82, 2.24) is 4.98 Å². The molecule has 1 N–H and O–H groups in total. The molecular weight excluding hydrogens is 386 g/mol. The van der Waals surface area contributed by atoms with Gasteiger partial charge in [-0.05, 0) is 36.2 Å². The fourth-order valence-corrected chi connectivity index (χ4v) is 3.75. The van der Waals surface area contributed by atoms with Crippen LogP contribution in [0.25, 0.3) is 0 Å². The second-order valence-corrected chi connectivity index (χ2v) is 8.42. The summed E-state index contributed by atoms with van der Waals surface area (Å²) in [7, 11) is 0. The third-order valence-electron chi connectivity index (χ3n) is 4.19. The largest absolute Gasteiger partial charge is 0.481 e. The lowest BCUT2D eigenvalue weighted by molar-refractivity contribution is -0.140. The van der Waals surface area contributed by atoms with Crippen molar-refractivity contribution in [3.8, 4) is 11.8 Å². The van der Waals surface area contributed by atoms with E-state index in [9.17, 15) is 9.59 Å². The molecule has 1 aromatic carbocycles. The van der Waals surface area contributed by atoms with Crippen molar-refractivity contribution in [2.45, 2.75) is 46.1 Å². The zero-order valence-electron chi connectivity index (χ0n) is 16.9. The van der Waals surface area contributed by atoms with Crippen molar-refractivity contribution in [2.24, 2.45) is 11.8 Å². The maximum Gasteiger partial charge on any atom is 0.304 e. The van der Waals surface area contributed by atoms with Crippen molar-refractivity contribution in [3.05, 3.63) is 52.0 Å². The Morgan fingerprint density at radius 3 is 2.69 bits per heavy atom. The van der Waals surface area contributed by atoms with E-state index in [1.54, 1.807) is 6.20 Å². The molecule has 0 aliphatic carbocycles. The van der Waals surface area contributed by atoms with Crippen molar-refractivity contribution < 1.29 is 19.4 Å². The minimum absolute atomic E-state index is 0.215. The maximum atomic E-state index is 12.4. The molecule has 6 heteroatoms. The smallest absolute Gasteiger partial charge is 0.304 e. The molecule has 1 heterocycles. The number of hydrogen-bond acceptors (Lipinski definition) is 5. The molecule has 0 spiro atoms. The van der Waals surface area contributed by atoms with Gasteiger partial charge in [-0.15, -0.1) is 11.3 Å². The van der Waals surface area contributed by atoms with Gasteiger partial charge in [0.15, 0.2) is 0 Å². The van der Waals surface area contributed by atoms with Gasteiger partial charge in [-0.3, -0.25) is 9.59 Å². The molecule has 2 rings (SSSR count). The number of carboxylic acids is 1. The molecule has 0 bridgehead atoms. The highest BCUT2D eigenvalue weighted by Crippen LogP contribution is 2.17. The van der Waals surface area contributed by atoms with E-state index in [0.717, 1.165) is 21.9 Å². The van der Waals surface area contributed by atoms with Gasteiger partial charge in [0.25, 0.3) is 0 Å². The van der Waals surface area contributed by atoms with Crippen molar-refractivity contribution in [2.75, 3.05) is 6.61 Å². The number of benzene rings is 1. The van der Waals surface area contributed by atoms with Gasteiger partial charge in [0, 0.05) is 18.9 Å². The normalized spacial score (nSPS) is 11.7. The van der Waals surface area contributed by atoms with Gasteiger partial charge in [0.2, 0.25) is 5.78 Å². The van der Waals surface area contributed by atoms with Gasteiger partial charge in [-0.25, -0.2) is 4.98 Å². The summed E-state index contributed by atoms with van der Waals surface area (Å²) in [5.41, 5.74) is 1.08. The van der Waals surface area contributed by atoms with Crippen LogP contribution in [0.2, 0.25) is 0 Å². The van der Waals surface area contributed by atoms with Gasteiger partial charge < -0.3 is 9.84 Å². The lowest BCUT2D eigenvalue weighted by atomic mass is 9.95. The molecule has 5 nitrogen and oxygen atoms in total. The topological polar surface area (TPSA) is 76.5 Å². The number of Topliss-reactive ketones (excluding diaryl/α,β-unsaturated/α-hetero) is 1.